The molecule has 2 N–H and O–H groups in total. The zero-order chi connectivity index (χ0) is 14.9. The molecular formula is C13H15F2N3OS. The SMILES string of the molecule is CN1CCCN(c2c(F)cc(C(N)=S)cc2F)CC1=O. The molecule has 1 aromatic carbocycles. The molecule has 1 saturated heterocycles. The number of carbonyl (C=O) groups excluding carboxylic acids is 1. The maximum atomic E-state index is 14.1. The average Bonchev–Trinajstić information content (AvgIpc) is 2.51. The van der Waals surface area contributed by atoms with Crippen molar-refractivity contribution in [1.82, 2.24) is 4.90 Å². The summed E-state index contributed by atoms with van der Waals surface area (Å²) in [6.07, 6.45) is 0.651. The van der Waals surface area contributed by atoms with Crippen LogP contribution in [0.4, 0.5) is 14.5 Å². The van der Waals surface area contributed by atoms with Crippen molar-refractivity contribution in [2.75, 3.05) is 31.6 Å². The van der Waals surface area contributed by atoms with E-state index >= 15 is 0 Å². The highest BCUT2D eigenvalue weighted by Gasteiger charge is 2.24. The molecular weight excluding hydrogens is 284 g/mol. The third-order valence-corrected chi connectivity index (χ3v) is 3.53. The van der Waals surface area contributed by atoms with Crippen molar-refractivity contribution >= 4 is 28.8 Å². The van der Waals surface area contributed by atoms with Gasteiger partial charge in [-0.25, -0.2) is 8.78 Å². The smallest absolute Gasteiger partial charge is 0.241 e. The maximum Gasteiger partial charge on any atom is 0.241 e. The molecule has 0 spiro atoms. The standard InChI is InChI=1S/C13H15F2N3OS/c1-17-3-2-4-18(7-11(17)19)12-9(14)5-8(13(16)20)6-10(12)15/h5-6H,2-4,7H2,1H3,(H2,16,20). The Hall–Kier alpha value is -1.76. The fraction of sp³-hybridized carbons (Fsp3) is 0.385. The van der Waals surface area contributed by atoms with Gasteiger partial charge in [0.2, 0.25) is 5.91 Å². The van der Waals surface area contributed by atoms with Crippen LogP contribution in [0.1, 0.15) is 12.0 Å². The molecule has 0 aliphatic carbocycles. The van der Waals surface area contributed by atoms with Crippen LogP contribution in [-0.2, 0) is 4.79 Å². The molecule has 2 rings (SSSR count). The zero-order valence-corrected chi connectivity index (χ0v) is 11.8. The van der Waals surface area contributed by atoms with Crippen molar-refractivity contribution in [2.45, 2.75) is 6.42 Å². The van der Waals surface area contributed by atoms with E-state index in [0.717, 1.165) is 12.1 Å². The Kier molecular flexibility index (Phi) is 4.17. The summed E-state index contributed by atoms with van der Waals surface area (Å²) in [6.45, 7) is 0.941. The lowest BCUT2D eigenvalue weighted by Gasteiger charge is -2.23. The van der Waals surface area contributed by atoms with E-state index in [-0.39, 0.29) is 28.7 Å². The van der Waals surface area contributed by atoms with Gasteiger partial charge in [-0.15, -0.1) is 0 Å². The first-order valence-electron chi connectivity index (χ1n) is 6.18. The monoisotopic (exact) mass is 299 g/mol. The van der Waals surface area contributed by atoms with Crippen molar-refractivity contribution in [3.05, 3.63) is 29.3 Å². The number of thiocarbonyl (C=S) groups is 1. The molecule has 0 atom stereocenters. The van der Waals surface area contributed by atoms with Crippen molar-refractivity contribution in [3.8, 4) is 0 Å². The quantitative estimate of drug-likeness (QED) is 0.836. The first kappa shape index (κ1) is 14.6. The predicted molar refractivity (Wildman–Crippen MR) is 76.7 cm³/mol. The summed E-state index contributed by atoms with van der Waals surface area (Å²) in [6, 6.07) is 2.19. The minimum absolute atomic E-state index is 0.0449. The van der Waals surface area contributed by atoms with Gasteiger partial charge in [0.25, 0.3) is 0 Å². The molecule has 20 heavy (non-hydrogen) atoms. The number of nitrogens with zero attached hydrogens (tertiary/aromatic N) is 2. The Bertz CT molecular complexity index is 542. The first-order chi connectivity index (χ1) is 9.40. The second-order valence-corrected chi connectivity index (χ2v) is 5.18. The Morgan fingerprint density at radius 1 is 1.30 bits per heavy atom. The van der Waals surface area contributed by atoms with Crippen LogP contribution in [0.2, 0.25) is 0 Å². The molecule has 0 unspecified atom stereocenters. The van der Waals surface area contributed by atoms with Gasteiger partial charge >= 0.3 is 0 Å². The fourth-order valence-corrected chi connectivity index (χ4v) is 2.31. The van der Waals surface area contributed by atoms with Crippen LogP contribution in [0, 0.1) is 11.6 Å². The second-order valence-electron chi connectivity index (χ2n) is 4.74. The van der Waals surface area contributed by atoms with Crippen LogP contribution in [0.15, 0.2) is 12.1 Å². The van der Waals surface area contributed by atoms with E-state index in [4.69, 9.17) is 18.0 Å². The predicted octanol–water partition coefficient (Wildman–Crippen LogP) is 1.27. The summed E-state index contributed by atoms with van der Waals surface area (Å²) in [5.74, 6) is -1.69. The fourth-order valence-electron chi connectivity index (χ4n) is 2.19. The molecule has 7 heteroatoms. The summed E-state index contributed by atoms with van der Waals surface area (Å²) in [7, 11) is 1.68. The van der Waals surface area contributed by atoms with E-state index in [2.05, 4.69) is 0 Å². The van der Waals surface area contributed by atoms with Gasteiger partial charge in [0, 0.05) is 25.7 Å². The number of benzene rings is 1. The van der Waals surface area contributed by atoms with Gasteiger partial charge in [-0.3, -0.25) is 4.79 Å². The third-order valence-electron chi connectivity index (χ3n) is 3.29. The van der Waals surface area contributed by atoms with Gasteiger partial charge in [-0.05, 0) is 18.6 Å². The minimum atomic E-state index is -0.759. The van der Waals surface area contributed by atoms with E-state index in [1.165, 1.54) is 4.90 Å². The van der Waals surface area contributed by atoms with E-state index < -0.39 is 11.6 Å². The third kappa shape index (κ3) is 2.87. The molecule has 0 radical (unpaired) electrons. The molecule has 0 bridgehead atoms. The number of likely N-dealkylation sites (N-methyl/N-ethyl adjacent to an activating group) is 1. The maximum absolute atomic E-state index is 14.1. The number of carbonyl (C=O) groups is 1. The number of amides is 1. The molecule has 0 saturated carbocycles. The lowest BCUT2D eigenvalue weighted by molar-refractivity contribution is -0.127. The van der Waals surface area contributed by atoms with Crippen LogP contribution < -0.4 is 10.6 Å². The summed E-state index contributed by atoms with van der Waals surface area (Å²) in [5, 5.41) is 0. The number of nitrogens with two attached hydrogens (primary N) is 1. The largest absolute Gasteiger partial charge is 0.389 e. The Morgan fingerprint density at radius 2 is 1.90 bits per heavy atom. The summed E-state index contributed by atoms with van der Waals surface area (Å²) in [5.41, 5.74) is 5.30. The van der Waals surface area contributed by atoms with Crippen molar-refractivity contribution < 1.29 is 13.6 Å². The molecule has 1 amide bonds. The Balaban J connectivity index is 2.37. The Labute approximate surface area is 121 Å². The first-order valence-corrected chi connectivity index (χ1v) is 6.58. The molecule has 0 aromatic heterocycles. The van der Waals surface area contributed by atoms with E-state index in [1.807, 2.05) is 0 Å². The van der Waals surface area contributed by atoms with Crippen molar-refractivity contribution in [1.29, 1.82) is 0 Å². The number of anilines is 1. The van der Waals surface area contributed by atoms with Crippen LogP contribution in [-0.4, -0.2) is 42.5 Å². The highest BCUT2D eigenvalue weighted by Crippen LogP contribution is 2.26. The van der Waals surface area contributed by atoms with E-state index in [1.54, 1.807) is 11.9 Å². The van der Waals surface area contributed by atoms with E-state index in [9.17, 15) is 13.6 Å². The van der Waals surface area contributed by atoms with E-state index in [0.29, 0.717) is 19.5 Å². The lowest BCUT2D eigenvalue weighted by Crippen LogP contribution is -2.35. The van der Waals surface area contributed by atoms with Gasteiger partial charge in [-0.2, -0.15) is 0 Å². The van der Waals surface area contributed by atoms with Gasteiger partial charge in [0.15, 0.2) is 0 Å². The molecule has 1 fully saturated rings. The normalized spacial score (nSPS) is 16.2. The molecule has 4 nitrogen and oxygen atoms in total. The molecule has 1 heterocycles. The number of halogens is 2. The second kappa shape index (κ2) is 5.70. The summed E-state index contributed by atoms with van der Waals surface area (Å²) < 4.78 is 28.2. The molecule has 1 aliphatic rings. The average molecular weight is 299 g/mol. The van der Waals surface area contributed by atoms with Gasteiger partial charge in [0.1, 0.15) is 22.3 Å². The van der Waals surface area contributed by atoms with Gasteiger partial charge in [-0.1, -0.05) is 12.2 Å². The number of hydrogen-bond acceptors (Lipinski definition) is 3. The number of rotatable bonds is 2. The Morgan fingerprint density at radius 3 is 2.45 bits per heavy atom. The molecule has 1 aliphatic heterocycles. The molecule has 1 aromatic rings. The van der Waals surface area contributed by atoms with Crippen LogP contribution in [0.3, 0.4) is 0 Å². The highest BCUT2D eigenvalue weighted by atomic mass is 32.1. The van der Waals surface area contributed by atoms with Crippen molar-refractivity contribution in [2.24, 2.45) is 5.73 Å². The van der Waals surface area contributed by atoms with Gasteiger partial charge in [0.05, 0.1) is 6.54 Å². The van der Waals surface area contributed by atoms with Gasteiger partial charge < -0.3 is 15.5 Å². The topological polar surface area (TPSA) is 49.6 Å². The lowest BCUT2D eigenvalue weighted by atomic mass is 10.1. The summed E-state index contributed by atoms with van der Waals surface area (Å²) in [4.78, 5) is 14.7. The molecule has 108 valence electrons. The minimum Gasteiger partial charge on any atom is -0.389 e. The summed E-state index contributed by atoms with van der Waals surface area (Å²) >= 11 is 4.71. The van der Waals surface area contributed by atoms with Crippen LogP contribution >= 0.6 is 12.2 Å². The number of hydrogen-bond donors (Lipinski definition) is 1. The van der Waals surface area contributed by atoms with Crippen LogP contribution in [0.25, 0.3) is 0 Å². The zero-order valence-electron chi connectivity index (χ0n) is 11.0. The van der Waals surface area contributed by atoms with Crippen LogP contribution in [0.5, 0.6) is 0 Å². The highest BCUT2D eigenvalue weighted by molar-refractivity contribution is 7.80. The van der Waals surface area contributed by atoms with Crippen molar-refractivity contribution in [3.63, 3.8) is 0 Å².